The fourth-order valence-corrected chi connectivity index (χ4v) is 3.01. The molecule has 7 heteroatoms. The van der Waals surface area contributed by atoms with Gasteiger partial charge < -0.3 is 14.8 Å². The predicted molar refractivity (Wildman–Crippen MR) is 101 cm³/mol. The molecule has 0 radical (unpaired) electrons. The number of methoxy groups -OCH3 is 2. The average molecular weight is 374 g/mol. The number of hydrogen-bond donors (Lipinski definition) is 1. The Bertz CT molecular complexity index is 935. The zero-order valence-electron chi connectivity index (χ0n) is 14.8. The predicted octanol–water partition coefficient (Wildman–Crippen LogP) is 3.34. The van der Waals surface area contributed by atoms with Crippen LogP contribution in [0.4, 0.5) is 0 Å². The Hall–Kier alpha value is -2.41. The van der Waals surface area contributed by atoms with Gasteiger partial charge in [0.2, 0.25) is 0 Å². The van der Waals surface area contributed by atoms with Crippen LogP contribution in [0.25, 0.3) is 16.7 Å². The lowest BCUT2D eigenvalue weighted by molar-refractivity contribution is -0.0974. The van der Waals surface area contributed by atoms with Crippen LogP contribution < -0.4 is 5.32 Å². The summed E-state index contributed by atoms with van der Waals surface area (Å²) in [6.45, 7) is 2.18. The van der Waals surface area contributed by atoms with E-state index in [-0.39, 0.29) is 12.5 Å². The lowest BCUT2D eigenvalue weighted by atomic mass is 10.2. The van der Waals surface area contributed by atoms with Crippen LogP contribution in [-0.2, 0) is 9.47 Å². The average Bonchev–Trinajstić information content (AvgIpc) is 2.97. The van der Waals surface area contributed by atoms with Crippen LogP contribution in [0.5, 0.6) is 0 Å². The molecule has 1 N–H and O–H groups in total. The summed E-state index contributed by atoms with van der Waals surface area (Å²) in [6, 6.07) is 13.0. The second-order valence-electron chi connectivity index (χ2n) is 5.79. The minimum atomic E-state index is -0.480. The Morgan fingerprint density at radius 1 is 1.23 bits per heavy atom. The van der Waals surface area contributed by atoms with Gasteiger partial charge in [0.15, 0.2) is 6.29 Å². The van der Waals surface area contributed by atoms with E-state index < -0.39 is 6.29 Å². The Labute approximate surface area is 156 Å². The monoisotopic (exact) mass is 373 g/mol. The third-order valence-electron chi connectivity index (χ3n) is 4.11. The number of imidazole rings is 1. The number of hydrogen-bond acceptors (Lipinski definition) is 4. The van der Waals surface area contributed by atoms with E-state index in [0.29, 0.717) is 10.6 Å². The molecule has 0 saturated heterocycles. The van der Waals surface area contributed by atoms with Gasteiger partial charge in [0.25, 0.3) is 5.91 Å². The number of rotatable bonds is 6. The van der Waals surface area contributed by atoms with Crippen molar-refractivity contribution < 1.29 is 14.3 Å². The van der Waals surface area contributed by atoms with Crippen molar-refractivity contribution >= 4 is 28.5 Å². The van der Waals surface area contributed by atoms with E-state index in [2.05, 4.69) is 10.3 Å². The Balaban J connectivity index is 1.90. The minimum Gasteiger partial charge on any atom is -0.354 e. The first-order chi connectivity index (χ1) is 12.5. The van der Waals surface area contributed by atoms with Crippen LogP contribution in [0.15, 0.2) is 42.5 Å². The van der Waals surface area contributed by atoms with Gasteiger partial charge in [-0.3, -0.25) is 9.36 Å². The topological polar surface area (TPSA) is 65.4 Å². The molecular weight excluding hydrogens is 354 g/mol. The van der Waals surface area contributed by atoms with Crippen LogP contribution in [0.1, 0.15) is 16.2 Å². The number of amides is 1. The lowest BCUT2D eigenvalue weighted by Gasteiger charge is -2.14. The minimum absolute atomic E-state index is 0.207. The summed E-state index contributed by atoms with van der Waals surface area (Å²) < 4.78 is 12.1. The smallest absolute Gasteiger partial charge is 0.251 e. The van der Waals surface area contributed by atoms with Gasteiger partial charge in [0, 0.05) is 30.5 Å². The maximum atomic E-state index is 12.4. The first-order valence-corrected chi connectivity index (χ1v) is 8.50. The third-order valence-corrected chi connectivity index (χ3v) is 4.34. The van der Waals surface area contributed by atoms with E-state index in [1.807, 2.05) is 41.8 Å². The third kappa shape index (κ3) is 3.72. The van der Waals surface area contributed by atoms with Gasteiger partial charge in [-0.1, -0.05) is 17.7 Å². The van der Waals surface area contributed by atoms with E-state index in [9.17, 15) is 4.79 Å². The van der Waals surface area contributed by atoms with E-state index in [4.69, 9.17) is 21.1 Å². The fourth-order valence-electron chi connectivity index (χ4n) is 2.82. The number of nitrogens with one attached hydrogen (secondary N) is 1. The highest BCUT2D eigenvalue weighted by molar-refractivity contribution is 6.30. The summed E-state index contributed by atoms with van der Waals surface area (Å²) in [5.74, 6) is 0.611. The normalized spacial score (nSPS) is 11.3. The lowest BCUT2D eigenvalue weighted by Crippen LogP contribution is -2.34. The number of aryl methyl sites for hydroxylation is 1. The van der Waals surface area contributed by atoms with Gasteiger partial charge in [-0.15, -0.1) is 0 Å². The molecule has 136 valence electrons. The zero-order valence-corrected chi connectivity index (χ0v) is 15.6. The Kier molecular flexibility index (Phi) is 5.56. The van der Waals surface area contributed by atoms with Crippen LogP contribution in [-0.4, -0.2) is 42.5 Å². The molecule has 2 aromatic carbocycles. The van der Waals surface area contributed by atoms with Crippen molar-refractivity contribution in [2.75, 3.05) is 20.8 Å². The van der Waals surface area contributed by atoms with Gasteiger partial charge in [-0.2, -0.15) is 0 Å². The Morgan fingerprint density at radius 3 is 2.69 bits per heavy atom. The van der Waals surface area contributed by atoms with Crippen molar-refractivity contribution in [3.63, 3.8) is 0 Å². The van der Waals surface area contributed by atoms with Crippen molar-refractivity contribution in [3.05, 3.63) is 58.9 Å². The van der Waals surface area contributed by atoms with Gasteiger partial charge in [-0.25, -0.2) is 4.98 Å². The molecule has 0 bridgehead atoms. The second-order valence-corrected chi connectivity index (χ2v) is 6.23. The molecule has 3 rings (SSSR count). The van der Waals surface area contributed by atoms with Crippen molar-refractivity contribution in [1.82, 2.24) is 14.9 Å². The van der Waals surface area contributed by atoms with Crippen molar-refractivity contribution in [1.29, 1.82) is 0 Å². The summed E-state index contributed by atoms with van der Waals surface area (Å²) in [4.78, 5) is 16.9. The summed E-state index contributed by atoms with van der Waals surface area (Å²) in [6.07, 6.45) is -0.480. The molecule has 26 heavy (non-hydrogen) atoms. The molecule has 1 heterocycles. The summed E-state index contributed by atoms with van der Waals surface area (Å²) in [5, 5.41) is 3.44. The van der Waals surface area contributed by atoms with E-state index >= 15 is 0 Å². The summed E-state index contributed by atoms with van der Waals surface area (Å²) >= 11 is 6.11. The first kappa shape index (κ1) is 18.4. The Morgan fingerprint density at radius 2 is 2.00 bits per heavy atom. The molecule has 0 saturated carbocycles. The highest BCUT2D eigenvalue weighted by Gasteiger charge is 2.14. The van der Waals surface area contributed by atoms with Crippen LogP contribution in [0, 0.1) is 6.92 Å². The number of carbonyl (C=O) groups is 1. The van der Waals surface area contributed by atoms with Crippen LogP contribution >= 0.6 is 11.6 Å². The molecule has 0 atom stereocenters. The van der Waals surface area contributed by atoms with E-state index in [1.165, 1.54) is 14.2 Å². The number of aromatic nitrogens is 2. The van der Waals surface area contributed by atoms with Gasteiger partial charge >= 0.3 is 0 Å². The van der Waals surface area contributed by atoms with Gasteiger partial charge in [0.1, 0.15) is 5.82 Å². The van der Waals surface area contributed by atoms with Gasteiger partial charge in [0.05, 0.1) is 17.6 Å². The summed E-state index contributed by atoms with van der Waals surface area (Å²) in [7, 11) is 3.05. The van der Waals surface area contributed by atoms with Crippen LogP contribution in [0.3, 0.4) is 0 Å². The fraction of sp³-hybridized carbons (Fsp3) is 0.263. The molecule has 6 nitrogen and oxygen atoms in total. The highest BCUT2D eigenvalue weighted by atomic mass is 35.5. The van der Waals surface area contributed by atoms with Crippen molar-refractivity contribution in [2.24, 2.45) is 0 Å². The molecule has 0 spiro atoms. The number of fused-ring (bicyclic) bond motifs is 1. The molecule has 1 aromatic heterocycles. The number of carbonyl (C=O) groups excluding carboxylic acids is 1. The number of nitrogens with zero attached hydrogens (tertiary/aromatic N) is 2. The number of benzene rings is 2. The SMILES string of the molecule is COC(CNC(=O)c1ccc2c(c1)nc(C)n2-c1cccc(Cl)c1)OC. The van der Waals surface area contributed by atoms with E-state index in [1.54, 1.807) is 12.1 Å². The van der Waals surface area contributed by atoms with Gasteiger partial charge in [-0.05, 0) is 43.3 Å². The van der Waals surface area contributed by atoms with Crippen molar-refractivity contribution in [3.8, 4) is 5.69 Å². The molecule has 0 aliphatic heterocycles. The molecule has 0 unspecified atom stereocenters. The van der Waals surface area contributed by atoms with Crippen molar-refractivity contribution in [2.45, 2.75) is 13.2 Å². The maximum absolute atomic E-state index is 12.4. The maximum Gasteiger partial charge on any atom is 0.251 e. The molecule has 0 aliphatic rings. The molecule has 0 fully saturated rings. The largest absolute Gasteiger partial charge is 0.354 e. The van der Waals surface area contributed by atoms with Crippen LogP contribution in [0.2, 0.25) is 5.02 Å². The zero-order chi connectivity index (χ0) is 18.7. The second kappa shape index (κ2) is 7.86. The number of halogens is 1. The molecular formula is C19H20ClN3O3. The number of ether oxygens (including phenoxy) is 2. The highest BCUT2D eigenvalue weighted by Crippen LogP contribution is 2.24. The summed E-state index contributed by atoms with van der Waals surface area (Å²) in [5.41, 5.74) is 3.11. The molecule has 0 aliphatic carbocycles. The first-order valence-electron chi connectivity index (χ1n) is 8.12. The molecule has 3 aromatic rings. The quantitative estimate of drug-likeness (QED) is 0.673. The standard InChI is InChI=1S/C19H20ClN3O3/c1-12-22-16-9-13(19(24)21-11-18(25-2)26-3)7-8-17(16)23(12)15-6-4-5-14(20)10-15/h4-10,18H,11H2,1-3H3,(H,21,24). The van der Waals surface area contributed by atoms with E-state index in [0.717, 1.165) is 22.5 Å². The molecule has 1 amide bonds.